The lowest BCUT2D eigenvalue weighted by Gasteiger charge is -2.32. The van der Waals surface area contributed by atoms with E-state index in [2.05, 4.69) is 38.0 Å². The van der Waals surface area contributed by atoms with Gasteiger partial charge in [0.1, 0.15) is 6.10 Å². The lowest BCUT2D eigenvalue weighted by Crippen LogP contribution is -2.43. The molecule has 0 spiro atoms. The van der Waals surface area contributed by atoms with Crippen molar-refractivity contribution in [3.05, 3.63) is 11.3 Å². The Hall–Kier alpha value is -0.773. The summed E-state index contributed by atoms with van der Waals surface area (Å²) in [5.41, 5.74) is 0. The summed E-state index contributed by atoms with van der Waals surface area (Å²) in [4.78, 5) is 11.4. The molecule has 1 amide bonds. The minimum atomic E-state index is -1.42. The van der Waals surface area contributed by atoms with E-state index in [4.69, 9.17) is 4.74 Å². The number of unbranched alkanes of at least 4 members (excludes halogenated alkanes) is 4. The fourth-order valence-corrected chi connectivity index (χ4v) is 4.43. The van der Waals surface area contributed by atoms with Gasteiger partial charge in [-0.05, 0) is 18.0 Å². The molecule has 1 heterocycles. The molecule has 0 aromatic rings. The number of rotatable bonds is 7. The first-order valence-corrected chi connectivity index (χ1v) is 11.1. The molecule has 0 saturated carbocycles. The third kappa shape index (κ3) is 5.81. The molecule has 110 valence electrons. The number of cyclic esters (lactones) is 1. The lowest BCUT2D eigenvalue weighted by atomic mass is 10.1. The average Bonchev–Trinajstić information content (AvgIpc) is 2.32. The zero-order valence-electron chi connectivity index (χ0n) is 12.9. The SMILES string of the molecule is CCCCCC/C=C(/C1CCNC(=O)O1)[Si](C)(C)C. The number of hydrogen-bond donors (Lipinski definition) is 1. The van der Waals surface area contributed by atoms with Gasteiger partial charge in [-0.25, -0.2) is 4.79 Å². The molecule has 1 fully saturated rings. The molecular weight excluding hydrogens is 254 g/mol. The maximum atomic E-state index is 11.4. The standard InChI is InChI=1S/C15H29NO2Si/c1-5-6-7-8-9-10-14(19(2,3)4)13-11-12-16-15(17)18-13/h10,13H,5-9,11-12H2,1-4H3,(H,16,17)/b14-10-. The third-order valence-corrected chi connectivity index (χ3v) is 5.82. The number of carbonyl (C=O) groups excluding carboxylic acids is 1. The van der Waals surface area contributed by atoms with Crippen molar-refractivity contribution in [1.82, 2.24) is 5.32 Å². The Bertz CT molecular complexity index is 321. The van der Waals surface area contributed by atoms with E-state index in [0.29, 0.717) is 0 Å². The Labute approximate surface area is 118 Å². The Morgan fingerprint density at radius 2 is 2.11 bits per heavy atom. The van der Waals surface area contributed by atoms with Crippen LogP contribution in [0.15, 0.2) is 11.3 Å². The van der Waals surface area contributed by atoms with E-state index in [9.17, 15) is 4.79 Å². The van der Waals surface area contributed by atoms with Crippen molar-refractivity contribution in [1.29, 1.82) is 0 Å². The first-order chi connectivity index (χ1) is 8.95. The second-order valence-electron chi connectivity index (χ2n) is 6.37. The van der Waals surface area contributed by atoms with Crippen molar-refractivity contribution in [2.75, 3.05) is 6.54 Å². The van der Waals surface area contributed by atoms with Gasteiger partial charge in [0, 0.05) is 13.0 Å². The summed E-state index contributed by atoms with van der Waals surface area (Å²) in [5, 5.41) is 4.14. The minimum absolute atomic E-state index is 0.0200. The van der Waals surface area contributed by atoms with Crippen LogP contribution in [0.5, 0.6) is 0 Å². The van der Waals surface area contributed by atoms with Gasteiger partial charge in [0.2, 0.25) is 0 Å². The van der Waals surface area contributed by atoms with Crippen molar-refractivity contribution < 1.29 is 9.53 Å². The van der Waals surface area contributed by atoms with Crippen LogP contribution in [0.2, 0.25) is 19.6 Å². The fraction of sp³-hybridized carbons (Fsp3) is 0.800. The largest absolute Gasteiger partial charge is 0.442 e. The lowest BCUT2D eigenvalue weighted by molar-refractivity contribution is 0.0948. The molecule has 1 unspecified atom stereocenters. The quantitative estimate of drug-likeness (QED) is 0.560. The first kappa shape index (κ1) is 16.3. The minimum Gasteiger partial charge on any atom is -0.442 e. The fourth-order valence-electron chi connectivity index (χ4n) is 2.50. The molecule has 0 radical (unpaired) electrons. The highest BCUT2D eigenvalue weighted by atomic mass is 28.3. The van der Waals surface area contributed by atoms with Crippen molar-refractivity contribution in [3.8, 4) is 0 Å². The van der Waals surface area contributed by atoms with Crippen LogP contribution in [-0.4, -0.2) is 26.8 Å². The maximum absolute atomic E-state index is 11.4. The predicted molar refractivity (Wildman–Crippen MR) is 83.1 cm³/mol. The van der Waals surface area contributed by atoms with Crippen LogP contribution in [0.1, 0.15) is 45.4 Å². The smallest absolute Gasteiger partial charge is 0.407 e. The molecule has 0 aromatic carbocycles. The summed E-state index contributed by atoms with van der Waals surface area (Å²) in [6.07, 6.45) is 9.31. The van der Waals surface area contributed by atoms with E-state index in [1.807, 2.05) is 0 Å². The van der Waals surface area contributed by atoms with Gasteiger partial charge >= 0.3 is 6.09 Å². The van der Waals surface area contributed by atoms with Crippen LogP contribution in [0, 0.1) is 0 Å². The van der Waals surface area contributed by atoms with Gasteiger partial charge in [0.15, 0.2) is 0 Å². The third-order valence-electron chi connectivity index (χ3n) is 3.56. The van der Waals surface area contributed by atoms with Gasteiger partial charge < -0.3 is 10.1 Å². The molecule has 1 N–H and O–H groups in total. The summed E-state index contributed by atoms with van der Waals surface area (Å²) in [6.45, 7) is 9.97. The van der Waals surface area contributed by atoms with Crippen molar-refractivity contribution in [3.63, 3.8) is 0 Å². The first-order valence-electron chi connectivity index (χ1n) is 7.60. The van der Waals surface area contributed by atoms with E-state index >= 15 is 0 Å². The van der Waals surface area contributed by atoms with Crippen LogP contribution < -0.4 is 5.32 Å². The number of alkyl carbamates (subject to hydrolysis) is 1. The summed E-state index contributed by atoms with van der Waals surface area (Å²) in [6, 6.07) is 0. The van der Waals surface area contributed by atoms with Gasteiger partial charge in [0.05, 0.1) is 8.07 Å². The Morgan fingerprint density at radius 1 is 1.37 bits per heavy atom. The highest BCUT2D eigenvalue weighted by Gasteiger charge is 2.31. The number of amides is 1. The van der Waals surface area contributed by atoms with Crippen LogP contribution in [0.4, 0.5) is 4.79 Å². The maximum Gasteiger partial charge on any atom is 0.407 e. The van der Waals surface area contributed by atoms with Crippen LogP contribution in [-0.2, 0) is 4.74 Å². The van der Waals surface area contributed by atoms with Crippen molar-refractivity contribution in [2.45, 2.75) is 71.2 Å². The van der Waals surface area contributed by atoms with E-state index in [0.717, 1.165) is 19.4 Å². The molecule has 0 aromatic heterocycles. The second kappa shape index (κ2) is 7.73. The normalized spacial score (nSPS) is 20.9. The molecule has 0 bridgehead atoms. The molecule has 4 heteroatoms. The predicted octanol–water partition coefficient (Wildman–Crippen LogP) is 4.26. The van der Waals surface area contributed by atoms with Crippen LogP contribution in [0.3, 0.4) is 0 Å². The Morgan fingerprint density at radius 3 is 2.68 bits per heavy atom. The van der Waals surface area contributed by atoms with E-state index in [1.54, 1.807) is 0 Å². The van der Waals surface area contributed by atoms with Gasteiger partial charge in [-0.3, -0.25) is 0 Å². The van der Waals surface area contributed by atoms with E-state index in [-0.39, 0.29) is 12.2 Å². The number of allylic oxidation sites excluding steroid dienone is 1. The number of hydrogen-bond acceptors (Lipinski definition) is 2. The molecular formula is C15H29NO2Si. The molecule has 1 atom stereocenters. The molecule has 1 saturated heterocycles. The Kier molecular flexibility index (Phi) is 6.62. The highest BCUT2D eigenvalue weighted by molar-refractivity contribution is 6.83. The average molecular weight is 283 g/mol. The van der Waals surface area contributed by atoms with E-state index in [1.165, 1.54) is 30.9 Å². The van der Waals surface area contributed by atoms with Crippen LogP contribution >= 0.6 is 0 Å². The van der Waals surface area contributed by atoms with Gasteiger partial charge in [0.25, 0.3) is 0 Å². The van der Waals surface area contributed by atoms with Crippen LogP contribution in [0.25, 0.3) is 0 Å². The molecule has 0 aliphatic carbocycles. The topological polar surface area (TPSA) is 38.3 Å². The molecule has 1 aliphatic heterocycles. The zero-order valence-corrected chi connectivity index (χ0v) is 13.9. The van der Waals surface area contributed by atoms with Gasteiger partial charge in [-0.2, -0.15) is 0 Å². The van der Waals surface area contributed by atoms with Gasteiger partial charge in [-0.15, -0.1) is 0 Å². The zero-order chi connectivity index (χ0) is 14.3. The molecule has 3 nitrogen and oxygen atoms in total. The summed E-state index contributed by atoms with van der Waals surface area (Å²) in [7, 11) is -1.42. The number of ether oxygens (including phenoxy) is 1. The van der Waals surface area contributed by atoms with E-state index < -0.39 is 8.07 Å². The summed E-state index contributed by atoms with van der Waals surface area (Å²) < 4.78 is 5.47. The van der Waals surface area contributed by atoms with Crippen molar-refractivity contribution in [2.24, 2.45) is 0 Å². The Balaban J connectivity index is 2.61. The monoisotopic (exact) mass is 283 g/mol. The number of carbonyl (C=O) groups is 1. The highest BCUT2D eigenvalue weighted by Crippen LogP contribution is 2.25. The second-order valence-corrected chi connectivity index (χ2v) is 11.4. The summed E-state index contributed by atoms with van der Waals surface area (Å²) in [5.74, 6) is 0. The molecule has 1 aliphatic rings. The summed E-state index contributed by atoms with van der Waals surface area (Å²) >= 11 is 0. The van der Waals surface area contributed by atoms with Crippen molar-refractivity contribution >= 4 is 14.2 Å². The number of nitrogens with one attached hydrogen (secondary N) is 1. The van der Waals surface area contributed by atoms with Gasteiger partial charge in [-0.1, -0.05) is 51.9 Å². The molecule has 1 rings (SSSR count). The molecule has 19 heavy (non-hydrogen) atoms.